The SMILES string of the molecule is Cn1cnc(C=NO)c1. The van der Waals surface area contributed by atoms with Gasteiger partial charge in [-0.1, -0.05) is 5.16 Å². The average Bonchev–Trinajstić information content (AvgIpc) is 2.17. The van der Waals surface area contributed by atoms with Crippen LogP contribution in [0.15, 0.2) is 17.7 Å². The van der Waals surface area contributed by atoms with Crippen LogP contribution in [0.4, 0.5) is 0 Å². The third-order valence-electron chi connectivity index (χ3n) is 0.915. The van der Waals surface area contributed by atoms with E-state index in [1.807, 2.05) is 7.05 Å². The van der Waals surface area contributed by atoms with Gasteiger partial charge in [0.05, 0.1) is 12.5 Å². The highest BCUT2D eigenvalue weighted by Crippen LogP contribution is 1.87. The second kappa shape index (κ2) is 2.30. The molecular formula is C5H7N3O. The van der Waals surface area contributed by atoms with Gasteiger partial charge in [-0.25, -0.2) is 4.98 Å². The van der Waals surface area contributed by atoms with Gasteiger partial charge in [-0.2, -0.15) is 0 Å². The Labute approximate surface area is 52.4 Å². The quantitative estimate of drug-likeness (QED) is 0.332. The summed E-state index contributed by atoms with van der Waals surface area (Å²) in [5.41, 5.74) is 0.653. The molecule has 1 N–H and O–H groups in total. The summed E-state index contributed by atoms with van der Waals surface area (Å²) in [6, 6.07) is 0. The van der Waals surface area contributed by atoms with Crippen LogP contribution in [-0.2, 0) is 7.05 Å². The number of aryl methyl sites for hydroxylation is 1. The maximum Gasteiger partial charge on any atom is 0.103 e. The standard InChI is InChI=1S/C5H7N3O/c1-8-3-5(2-7-9)6-4-8/h2-4,9H,1H3. The maximum absolute atomic E-state index is 8.05. The van der Waals surface area contributed by atoms with Gasteiger partial charge in [0.15, 0.2) is 0 Å². The van der Waals surface area contributed by atoms with E-state index in [0.29, 0.717) is 5.69 Å². The van der Waals surface area contributed by atoms with Gasteiger partial charge in [-0.15, -0.1) is 0 Å². The molecule has 0 saturated heterocycles. The van der Waals surface area contributed by atoms with Crippen LogP contribution in [-0.4, -0.2) is 21.0 Å². The van der Waals surface area contributed by atoms with Crippen molar-refractivity contribution in [2.24, 2.45) is 12.2 Å². The molecule has 0 aliphatic carbocycles. The Kier molecular flexibility index (Phi) is 1.48. The molecule has 0 radical (unpaired) electrons. The molecule has 1 rings (SSSR count). The molecule has 1 aromatic heterocycles. The van der Waals surface area contributed by atoms with Crippen molar-refractivity contribution in [2.45, 2.75) is 0 Å². The lowest BCUT2D eigenvalue weighted by molar-refractivity contribution is 0.321. The Hall–Kier alpha value is -1.32. The van der Waals surface area contributed by atoms with Crippen LogP contribution in [0.25, 0.3) is 0 Å². The zero-order valence-corrected chi connectivity index (χ0v) is 5.02. The van der Waals surface area contributed by atoms with Gasteiger partial charge < -0.3 is 9.77 Å². The van der Waals surface area contributed by atoms with Crippen molar-refractivity contribution in [3.8, 4) is 0 Å². The molecule has 0 spiro atoms. The molecule has 9 heavy (non-hydrogen) atoms. The van der Waals surface area contributed by atoms with Crippen LogP contribution >= 0.6 is 0 Å². The second-order valence-electron chi connectivity index (χ2n) is 1.71. The minimum absolute atomic E-state index is 0.653. The minimum atomic E-state index is 0.653. The monoisotopic (exact) mass is 125 g/mol. The third kappa shape index (κ3) is 1.28. The van der Waals surface area contributed by atoms with Gasteiger partial charge in [-0.05, 0) is 0 Å². The summed E-state index contributed by atoms with van der Waals surface area (Å²) in [6.07, 6.45) is 4.66. The molecule has 0 aliphatic rings. The highest BCUT2D eigenvalue weighted by Gasteiger charge is 1.88. The summed E-state index contributed by atoms with van der Waals surface area (Å²) in [4.78, 5) is 3.86. The van der Waals surface area contributed by atoms with E-state index in [9.17, 15) is 0 Å². The molecule has 4 nitrogen and oxygen atoms in total. The molecule has 0 bridgehead atoms. The fraction of sp³-hybridized carbons (Fsp3) is 0.200. The topological polar surface area (TPSA) is 50.4 Å². The number of rotatable bonds is 1. The first-order chi connectivity index (χ1) is 4.33. The van der Waals surface area contributed by atoms with Gasteiger partial charge in [-0.3, -0.25) is 0 Å². The Balaban J connectivity index is 2.85. The highest BCUT2D eigenvalue weighted by atomic mass is 16.4. The van der Waals surface area contributed by atoms with Crippen molar-refractivity contribution < 1.29 is 5.21 Å². The van der Waals surface area contributed by atoms with Gasteiger partial charge in [0, 0.05) is 13.2 Å². The largest absolute Gasteiger partial charge is 0.411 e. The Morgan fingerprint density at radius 3 is 3.11 bits per heavy atom. The van der Waals surface area contributed by atoms with E-state index in [1.165, 1.54) is 6.21 Å². The zero-order chi connectivity index (χ0) is 6.69. The molecule has 1 heterocycles. The van der Waals surface area contributed by atoms with Crippen LogP contribution in [0.2, 0.25) is 0 Å². The Morgan fingerprint density at radius 2 is 2.67 bits per heavy atom. The molecule has 48 valence electrons. The molecule has 0 amide bonds. The van der Waals surface area contributed by atoms with Crippen LogP contribution in [0.3, 0.4) is 0 Å². The molecule has 0 unspecified atom stereocenters. The van der Waals surface area contributed by atoms with Crippen LogP contribution < -0.4 is 0 Å². The van der Waals surface area contributed by atoms with Gasteiger partial charge in [0.25, 0.3) is 0 Å². The summed E-state index contributed by atoms with van der Waals surface area (Å²) in [7, 11) is 1.85. The van der Waals surface area contributed by atoms with Gasteiger partial charge in [0.1, 0.15) is 5.69 Å². The summed E-state index contributed by atoms with van der Waals surface area (Å²) >= 11 is 0. The predicted molar refractivity (Wildman–Crippen MR) is 32.6 cm³/mol. The Bertz CT molecular complexity index is 216. The first-order valence-electron chi connectivity index (χ1n) is 2.48. The molecule has 0 aromatic carbocycles. The van der Waals surface area contributed by atoms with Crippen molar-refractivity contribution in [1.82, 2.24) is 9.55 Å². The lowest BCUT2D eigenvalue weighted by Gasteiger charge is -1.79. The number of aromatic nitrogens is 2. The number of imidazole rings is 1. The summed E-state index contributed by atoms with van der Waals surface area (Å²) in [6.45, 7) is 0. The summed E-state index contributed by atoms with van der Waals surface area (Å²) in [5.74, 6) is 0. The summed E-state index contributed by atoms with van der Waals surface area (Å²) < 4.78 is 1.77. The second-order valence-corrected chi connectivity index (χ2v) is 1.71. The van der Waals surface area contributed by atoms with Crippen molar-refractivity contribution in [3.05, 3.63) is 18.2 Å². The molecule has 0 atom stereocenters. The normalized spacial score (nSPS) is 10.8. The maximum atomic E-state index is 8.05. The first-order valence-corrected chi connectivity index (χ1v) is 2.48. The summed E-state index contributed by atoms with van der Waals surface area (Å²) in [5, 5.41) is 10.9. The Morgan fingerprint density at radius 1 is 1.89 bits per heavy atom. The minimum Gasteiger partial charge on any atom is -0.411 e. The van der Waals surface area contributed by atoms with E-state index < -0.39 is 0 Å². The molecule has 0 fully saturated rings. The molecule has 1 aromatic rings. The molecule has 0 saturated carbocycles. The van der Waals surface area contributed by atoms with Gasteiger partial charge >= 0.3 is 0 Å². The molecule has 0 aliphatic heterocycles. The highest BCUT2D eigenvalue weighted by molar-refractivity contribution is 5.75. The fourth-order valence-electron chi connectivity index (χ4n) is 0.559. The van der Waals surface area contributed by atoms with Crippen LogP contribution in [0.1, 0.15) is 5.69 Å². The van der Waals surface area contributed by atoms with Crippen molar-refractivity contribution in [3.63, 3.8) is 0 Å². The van der Waals surface area contributed by atoms with Crippen molar-refractivity contribution in [2.75, 3.05) is 0 Å². The fourth-order valence-corrected chi connectivity index (χ4v) is 0.559. The van der Waals surface area contributed by atoms with E-state index in [4.69, 9.17) is 5.21 Å². The smallest absolute Gasteiger partial charge is 0.103 e. The first kappa shape index (κ1) is 5.81. The number of hydrogen-bond donors (Lipinski definition) is 1. The van der Waals surface area contributed by atoms with Crippen LogP contribution in [0, 0.1) is 0 Å². The lowest BCUT2D eigenvalue weighted by atomic mass is 10.5. The van der Waals surface area contributed by atoms with E-state index in [-0.39, 0.29) is 0 Å². The van der Waals surface area contributed by atoms with E-state index in [2.05, 4.69) is 10.1 Å². The average molecular weight is 125 g/mol. The molecule has 4 heteroatoms. The van der Waals surface area contributed by atoms with Gasteiger partial charge in [0.2, 0.25) is 0 Å². The zero-order valence-electron chi connectivity index (χ0n) is 5.02. The van der Waals surface area contributed by atoms with Crippen molar-refractivity contribution in [1.29, 1.82) is 0 Å². The van der Waals surface area contributed by atoms with E-state index in [0.717, 1.165) is 0 Å². The number of nitrogens with zero attached hydrogens (tertiary/aromatic N) is 3. The van der Waals surface area contributed by atoms with E-state index >= 15 is 0 Å². The lowest BCUT2D eigenvalue weighted by Crippen LogP contribution is -1.79. The predicted octanol–water partition coefficient (Wildman–Crippen LogP) is 0.228. The number of oxime groups is 1. The van der Waals surface area contributed by atoms with Crippen molar-refractivity contribution >= 4 is 6.21 Å². The third-order valence-corrected chi connectivity index (χ3v) is 0.915. The van der Waals surface area contributed by atoms with Crippen LogP contribution in [0.5, 0.6) is 0 Å². The van der Waals surface area contributed by atoms with E-state index in [1.54, 1.807) is 17.1 Å². The molecular weight excluding hydrogens is 118 g/mol. The number of hydrogen-bond acceptors (Lipinski definition) is 3.